The van der Waals surface area contributed by atoms with Crippen LogP contribution >= 0.6 is 0 Å². The molecule has 5 heteroatoms. The van der Waals surface area contributed by atoms with E-state index in [0.29, 0.717) is 36.0 Å². The third-order valence-electron chi connectivity index (χ3n) is 7.40. The molecule has 0 bridgehead atoms. The standard InChI is InChI=1S/C24H38O5/c1-5-15(3)24(27)29-21-11-14(2)10-17-7-6-16(4)20(23(17)21)9-8-19-12-18(25)13-22(26)28-19/h6-7,14-21,23,25H,5,8-13H2,1-4H3/t14-,15-,16-,17+,18+,19+,20-,21-,23-/m0/s1. The lowest BCUT2D eigenvalue weighted by molar-refractivity contribution is -0.166. The average Bonchev–Trinajstić information content (AvgIpc) is 2.65. The largest absolute Gasteiger partial charge is 0.462 e. The molecule has 1 saturated carbocycles. The van der Waals surface area contributed by atoms with Crippen molar-refractivity contribution in [3.63, 3.8) is 0 Å². The highest BCUT2D eigenvalue weighted by molar-refractivity contribution is 5.72. The molecular formula is C24H38O5. The molecule has 3 aliphatic rings. The van der Waals surface area contributed by atoms with Crippen molar-refractivity contribution >= 4 is 11.9 Å². The Labute approximate surface area is 175 Å². The van der Waals surface area contributed by atoms with Gasteiger partial charge in [-0.1, -0.05) is 39.8 Å². The summed E-state index contributed by atoms with van der Waals surface area (Å²) in [6, 6.07) is 0. The first-order valence-electron chi connectivity index (χ1n) is 11.5. The van der Waals surface area contributed by atoms with E-state index in [-0.39, 0.29) is 36.5 Å². The van der Waals surface area contributed by atoms with Crippen molar-refractivity contribution in [2.75, 3.05) is 0 Å². The van der Waals surface area contributed by atoms with Crippen molar-refractivity contribution < 1.29 is 24.2 Å². The molecule has 0 spiro atoms. The number of rotatable bonds is 6. The molecule has 0 radical (unpaired) electrons. The highest BCUT2D eigenvalue weighted by Gasteiger charge is 2.45. The third-order valence-corrected chi connectivity index (χ3v) is 7.40. The summed E-state index contributed by atoms with van der Waals surface area (Å²) in [5.41, 5.74) is 0. The summed E-state index contributed by atoms with van der Waals surface area (Å²) >= 11 is 0. The lowest BCUT2D eigenvalue weighted by atomic mass is 9.60. The van der Waals surface area contributed by atoms with Crippen LogP contribution in [-0.4, -0.2) is 35.4 Å². The van der Waals surface area contributed by atoms with Crippen LogP contribution in [0, 0.1) is 35.5 Å². The molecule has 3 rings (SSSR count). The summed E-state index contributed by atoms with van der Waals surface area (Å²) in [5, 5.41) is 9.90. The van der Waals surface area contributed by atoms with Crippen LogP contribution in [0.15, 0.2) is 12.2 Å². The summed E-state index contributed by atoms with van der Waals surface area (Å²) in [5.74, 6) is 1.66. The predicted octanol–water partition coefficient (Wildman–Crippen LogP) is 4.28. The van der Waals surface area contributed by atoms with E-state index in [4.69, 9.17) is 9.47 Å². The van der Waals surface area contributed by atoms with E-state index in [2.05, 4.69) is 26.0 Å². The number of cyclic esters (lactones) is 1. The zero-order valence-corrected chi connectivity index (χ0v) is 18.4. The Bertz CT molecular complexity index is 614. The van der Waals surface area contributed by atoms with Gasteiger partial charge in [0.25, 0.3) is 0 Å². The van der Waals surface area contributed by atoms with Crippen LogP contribution < -0.4 is 0 Å². The van der Waals surface area contributed by atoms with Gasteiger partial charge in [0, 0.05) is 12.3 Å². The van der Waals surface area contributed by atoms with E-state index in [1.807, 2.05) is 13.8 Å². The highest BCUT2D eigenvalue weighted by atomic mass is 16.5. The lowest BCUT2D eigenvalue weighted by Gasteiger charge is -2.47. The molecule has 1 heterocycles. The Morgan fingerprint density at radius 1 is 1.24 bits per heavy atom. The minimum Gasteiger partial charge on any atom is -0.462 e. The zero-order chi connectivity index (χ0) is 21.1. The maximum absolute atomic E-state index is 12.6. The van der Waals surface area contributed by atoms with E-state index in [1.54, 1.807) is 0 Å². The van der Waals surface area contributed by atoms with Crippen molar-refractivity contribution in [3.05, 3.63) is 12.2 Å². The van der Waals surface area contributed by atoms with Crippen LogP contribution in [0.1, 0.15) is 72.6 Å². The third kappa shape index (κ3) is 5.42. The first-order valence-corrected chi connectivity index (χ1v) is 11.5. The summed E-state index contributed by atoms with van der Waals surface area (Å²) in [6.07, 6.45) is 9.01. The Kier molecular flexibility index (Phi) is 7.42. The van der Waals surface area contributed by atoms with E-state index in [9.17, 15) is 14.7 Å². The molecule has 1 aliphatic heterocycles. The normalized spacial score (nSPS) is 40.7. The van der Waals surface area contributed by atoms with Crippen LogP contribution in [-0.2, 0) is 19.1 Å². The molecule has 0 aromatic carbocycles. The van der Waals surface area contributed by atoms with Crippen molar-refractivity contribution in [2.45, 2.75) is 91.0 Å². The van der Waals surface area contributed by atoms with Crippen LogP contribution in [0.3, 0.4) is 0 Å². The van der Waals surface area contributed by atoms with Crippen LogP contribution in [0.5, 0.6) is 0 Å². The first-order chi connectivity index (χ1) is 13.8. The number of hydrogen-bond donors (Lipinski definition) is 1. The molecule has 2 aliphatic carbocycles. The number of fused-ring (bicyclic) bond motifs is 1. The molecule has 1 N–H and O–H groups in total. The molecule has 0 amide bonds. The average molecular weight is 407 g/mol. The highest BCUT2D eigenvalue weighted by Crippen LogP contribution is 2.48. The molecule has 5 nitrogen and oxygen atoms in total. The first kappa shape index (κ1) is 22.3. The van der Waals surface area contributed by atoms with Crippen LogP contribution in [0.25, 0.3) is 0 Å². The molecule has 9 atom stereocenters. The van der Waals surface area contributed by atoms with Crippen molar-refractivity contribution in [3.8, 4) is 0 Å². The van der Waals surface area contributed by atoms with Crippen LogP contribution in [0.4, 0.5) is 0 Å². The second-order valence-corrected chi connectivity index (χ2v) is 9.79. The van der Waals surface area contributed by atoms with Crippen molar-refractivity contribution in [1.29, 1.82) is 0 Å². The number of aliphatic hydroxyl groups excluding tert-OH is 1. The fourth-order valence-electron chi connectivity index (χ4n) is 5.59. The monoisotopic (exact) mass is 406 g/mol. The van der Waals surface area contributed by atoms with Gasteiger partial charge in [-0.2, -0.15) is 0 Å². The smallest absolute Gasteiger partial charge is 0.308 e. The number of hydrogen-bond acceptors (Lipinski definition) is 5. The van der Waals surface area contributed by atoms with Gasteiger partial charge in [0.05, 0.1) is 18.4 Å². The summed E-state index contributed by atoms with van der Waals surface area (Å²) in [7, 11) is 0. The number of esters is 2. The Morgan fingerprint density at radius 3 is 2.69 bits per heavy atom. The minimum absolute atomic E-state index is 0.0397. The van der Waals surface area contributed by atoms with E-state index in [1.165, 1.54) is 0 Å². The van der Waals surface area contributed by atoms with Gasteiger partial charge in [0.15, 0.2) is 0 Å². The fourth-order valence-corrected chi connectivity index (χ4v) is 5.59. The maximum atomic E-state index is 12.6. The quantitative estimate of drug-likeness (QED) is 0.527. The van der Waals surface area contributed by atoms with Gasteiger partial charge in [-0.25, -0.2) is 0 Å². The number of allylic oxidation sites excluding steroid dienone is 2. The van der Waals surface area contributed by atoms with Gasteiger partial charge in [-0.15, -0.1) is 0 Å². The summed E-state index contributed by atoms with van der Waals surface area (Å²) in [6.45, 7) is 8.46. The van der Waals surface area contributed by atoms with E-state index in [0.717, 1.165) is 32.1 Å². The van der Waals surface area contributed by atoms with E-state index < -0.39 is 6.10 Å². The molecule has 0 aromatic heterocycles. The number of carbonyl (C=O) groups is 2. The van der Waals surface area contributed by atoms with E-state index >= 15 is 0 Å². The van der Waals surface area contributed by atoms with Crippen LogP contribution in [0.2, 0.25) is 0 Å². The second kappa shape index (κ2) is 9.63. The molecule has 0 aromatic rings. The molecule has 1 saturated heterocycles. The SMILES string of the molecule is CC[C@H](C)C(=O)O[C@H]1C[C@@H](C)C[C@H]2C=C[C@H](C)[C@H](CC[C@@H]3C[C@@H](O)CC(=O)O3)[C@H]21. The Balaban J connectivity index is 1.71. The lowest BCUT2D eigenvalue weighted by Crippen LogP contribution is -2.46. The maximum Gasteiger partial charge on any atom is 0.308 e. The number of ether oxygens (including phenoxy) is 2. The molecule has 164 valence electrons. The van der Waals surface area contributed by atoms with Gasteiger partial charge in [0.2, 0.25) is 0 Å². The summed E-state index contributed by atoms with van der Waals surface area (Å²) in [4.78, 5) is 24.2. The molecule has 2 fully saturated rings. The molecule has 29 heavy (non-hydrogen) atoms. The topological polar surface area (TPSA) is 72.8 Å². The van der Waals surface area contributed by atoms with Crippen molar-refractivity contribution in [1.82, 2.24) is 0 Å². The number of carbonyl (C=O) groups excluding carboxylic acids is 2. The van der Waals surface area contributed by atoms with Gasteiger partial charge >= 0.3 is 11.9 Å². The minimum atomic E-state index is -0.586. The fraction of sp³-hybridized carbons (Fsp3) is 0.833. The Morgan fingerprint density at radius 2 is 2.00 bits per heavy atom. The van der Waals surface area contributed by atoms with Gasteiger partial charge < -0.3 is 14.6 Å². The van der Waals surface area contributed by atoms with Gasteiger partial charge in [-0.05, 0) is 55.8 Å². The second-order valence-electron chi connectivity index (χ2n) is 9.79. The van der Waals surface area contributed by atoms with Gasteiger partial charge in [-0.3, -0.25) is 9.59 Å². The number of aliphatic hydroxyl groups is 1. The van der Waals surface area contributed by atoms with Crippen molar-refractivity contribution in [2.24, 2.45) is 35.5 Å². The molecular weight excluding hydrogens is 368 g/mol. The molecule has 0 unspecified atom stereocenters. The van der Waals surface area contributed by atoms with Gasteiger partial charge in [0.1, 0.15) is 12.2 Å². The predicted molar refractivity (Wildman–Crippen MR) is 111 cm³/mol. The zero-order valence-electron chi connectivity index (χ0n) is 18.4. The Hall–Kier alpha value is -1.36. The summed E-state index contributed by atoms with van der Waals surface area (Å²) < 4.78 is 11.6.